The molecule has 0 aliphatic rings. The zero-order chi connectivity index (χ0) is 22.8. The van der Waals surface area contributed by atoms with E-state index in [1.165, 1.54) is 19.1 Å². The number of hydrogen-bond acceptors (Lipinski definition) is 6. The van der Waals surface area contributed by atoms with Crippen molar-refractivity contribution in [1.29, 1.82) is 0 Å². The second-order valence-electron chi connectivity index (χ2n) is 7.00. The standard InChI is InChI=1S/C22H28N4O5/c1-15(2)24-21(28)14-26(17-9-8-16(30-3)13-18(17)31-4)22(29)11-10-20(27)25-19-7-5-6-12-23-19/h5-9,12-13,15H,10-11,14H2,1-4H3,(H,24,28)(H,23,25,27). The SMILES string of the molecule is COc1ccc(N(CC(=O)NC(C)C)C(=O)CCC(=O)Nc2ccccn2)c(OC)c1. The predicted molar refractivity (Wildman–Crippen MR) is 117 cm³/mol. The number of benzene rings is 1. The van der Waals surface area contributed by atoms with Gasteiger partial charge in [0.05, 0.1) is 19.9 Å². The van der Waals surface area contributed by atoms with Crippen LogP contribution in [0, 0.1) is 0 Å². The largest absolute Gasteiger partial charge is 0.497 e. The predicted octanol–water partition coefficient (Wildman–Crippen LogP) is 2.38. The number of rotatable bonds is 10. The van der Waals surface area contributed by atoms with Crippen molar-refractivity contribution in [3.05, 3.63) is 42.6 Å². The van der Waals surface area contributed by atoms with Crippen LogP contribution < -0.4 is 25.0 Å². The van der Waals surface area contributed by atoms with Crippen LogP contribution in [0.1, 0.15) is 26.7 Å². The maximum atomic E-state index is 13.0. The van der Waals surface area contributed by atoms with E-state index in [0.717, 1.165) is 0 Å². The summed E-state index contributed by atoms with van der Waals surface area (Å²) in [5.41, 5.74) is 0.414. The minimum atomic E-state index is -0.390. The summed E-state index contributed by atoms with van der Waals surface area (Å²) in [6.45, 7) is 3.46. The Kier molecular flexibility index (Phi) is 8.80. The van der Waals surface area contributed by atoms with Crippen molar-refractivity contribution in [2.75, 3.05) is 31.0 Å². The molecule has 0 spiro atoms. The number of hydrogen-bond donors (Lipinski definition) is 2. The Morgan fingerprint density at radius 2 is 1.81 bits per heavy atom. The van der Waals surface area contributed by atoms with Gasteiger partial charge in [-0.15, -0.1) is 0 Å². The monoisotopic (exact) mass is 428 g/mol. The maximum absolute atomic E-state index is 13.0. The Morgan fingerprint density at radius 1 is 1.03 bits per heavy atom. The van der Waals surface area contributed by atoms with Crippen LogP contribution >= 0.6 is 0 Å². The molecule has 0 atom stereocenters. The van der Waals surface area contributed by atoms with Crippen LogP contribution in [0.2, 0.25) is 0 Å². The zero-order valence-electron chi connectivity index (χ0n) is 18.2. The molecule has 0 unspecified atom stereocenters. The van der Waals surface area contributed by atoms with Crippen LogP contribution in [0.25, 0.3) is 0 Å². The molecule has 0 bridgehead atoms. The minimum absolute atomic E-state index is 0.0593. The normalized spacial score (nSPS) is 10.4. The van der Waals surface area contributed by atoms with E-state index in [0.29, 0.717) is 23.0 Å². The first-order valence-electron chi connectivity index (χ1n) is 9.86. The third-order valence-electron chi connectivity index (χ3n) is 4.23. The molecule has 9 nitrogen and oxygen atoms in total. The third-order valence-corrected chi connectivity index (χ3v) is 4.23. The molecule has 3 amide bonds. The van der Waals surface area contributed by atoms with Crippen LogP contribution in [0.3, 0.4) is 0 Å². The molecule has 9 heteroatoms. The van der Waals surface area contributed by atoms with Crippen LogP contribution in [-0.4, -0.2) is 49.5 Å². The van der Waals surface area contributed by atoms with Gasteiger partial charge in [-0.2, -0.15) is 0 Å². The molecule has 31 heavy (non-hydrogen) atoms. The number of anilines is 2. The lowest BCUT2D eigenvalue weighted by molar-refractivity contribution is -0.125. The van der Waals surface area contributed by atoms with Gasteiger partial charge in [0.15, 0.2) is 0 Å². The van der Waals surface area contributed by atoms with E-state index >= 15 is 0 Å². The average Bonchev–Trinajstić information content (AvgIpc) is 2.75. The number of nitrogens with zero attached hydrogens (tertiary/aromatic N) is 2. The van der Waals surface area contributed by atoms with E-state index in [2.05, 4.69) is 15.6 Å². The molecule has 2 rings (SSSR count). The quantitative estimate of drug-likeness (QED) is 0.601. The van der Waals surface area contributed by atoms with Crippen LogP contribution in [-0.2, 0) is 14.4 Å². The van der Waals surface area contributed by atoms with Gasteiger partial charge in [-0.05, 0) is 38.1 Å². The zero-order valence-corrected chi connectivity index (χ0v) is 18.2. The van der Waals surface area contributed by atoms with Crippen LogP contribution in [0.4, 0.5) is 11.5 Å². The molecule has 1 aromatic carbocycles. The fourth-order valence-electron chi connectivity index (χ4n) is 2.82. The number of aromatic nitrogens is 1. The number of nitrogens with one attached hydrogen (secondary N) is 2. The second kappa shape index (κ2) is 11.5. The number of carbonyl (C=O) groups is 3. The Bertz CT molecular complexity index is 902. The molecule has 0 aliphatic heterocycles. The molecule has 0 fully saturated rings. The van der Waals surface area contributed by atoms with E-state index in [1.54, 1.807) is 42.6 Å². The van der Waals surface area contributed by atoms with Gasteiger partial charge < -0.3 is 20.1 Å². The van der Waals surface area contributed by atoms with Gasteiger partial charge in [-0.1, -0.05) is 6.07 Å². The molecule has 2 aromatic rings. The summed E-state index contributed by atoms with van der Waals surface area (Å²) in [4.78, 5) is 42.9. The number of methoxy groups -OCH3 is 2. The van der Waals surface area contributed by atoms with Gasteiger partial charge in [-0.3, -0.25) is 19.3 Å². The molecule has 0 saturated heterocycles. The van der Waals surface area contributed by atoms with Crippen LogP contribution in [0.5, 0.6) is 11.5 Å². The Balaban J connectivity index is 2.16. The van der Waals surface area contributed by atoms with Gasteiger partial charge >= 0.3 is 0 Å². The van der Waals surface area contributed by atoms with Crippen molar-refractivity contribution in [3.8, 4) is 11.5 Å². The first-order valence-corrected chi connectivity index (χ1v) is 9.86. The molecule has 0 aliphatic carbocycles. The first kappa shape index (κ1) is 23.7. The summed E-state index contributed by atoms with van der Waals surface area (Å²) in [5.74, 6) is 0.278. The number of ether oxygens (including phenoxy) is 2. The highest BCUT2D eigenvalue weighted by atomic mass is 16.5. The molecule has 2 N–H and O–H groups in total. The molecule has 166 valence electrons. The fourth-order valence-corrected chi connectivity index (χ4v) is 2.82. The Morgan fingerprint density at radius 3 is 2.42 bits per heavy atom. The molecule has 1 heterocycles. The van der Waals surface area contributed by atoms with Crippen molar-refractivity contribution in [3.63, 3.8) is 0 Å². The summed E-state index contributed by atoms with van der Waals surface area (Å²) in [7, 11) is 2.99. The van der Waals surface area contributed by atoms with E-state index in [4.69, 9.17) is 9.47 Å². The van der Waals surface area contributed by atoms with Gasteiger partial charge in [0, 0.05) is 31.1 Å². The average molecular weight is 428 g/mol. The third kappa shape index (κ3) is 7.29. The molecular weight excluding hydrogens is 400 g/mol. The van der Waals surface area contributed by atoms with Crippen molar-refractivity contribution in [2.24, 2.45) is 0 Å². The van der Waals surface area contributed by atoms with E-state index < -0.39 is 5.91 Å². The van der Waals surface area contributed by atoms with Crippen molar-refractivity contribution in [1.82, 2.24) is 10.3 Å². The molecular formula is C22H28N4O5. The number of carbonyl (C=O) groups excluding carboxylic acids is 3. The lowest BCUT2D eigenvalue weighted by atomic mass is 10.2. The lowest BCUT2D eigenvalue weighted by Crippen LogP contribution is -2.43. The smallest absolute Gasteiger partial charge is 0.240 e. The Labute approximate surface area is 181 Å². The van der Waals surface area contributed by atoms with E-state index in [-0.39, 0.29) is 37.2 Å². The van der Waals surface area contributed by atoms with Crippen molar-refractivity contribution in [2.45, 2.75) is 32.7 Å². The minimum Gasteiger partial charge on any atom is -0.497 e. The van der Waals surface area contributed by atoms with Crippen molar-refractivity contribution < 1.29 is 23.9 Å². The highest BCUT2D eigenvalue weighted by molar-refractivity contribution is 6.02. The topological polar surface area (TPSA) is 110 Å². The maximum Gasteiger partial charge on any atom is 0.240 e. The fraction of sp³-hybridized carbons (Fsp3) is 0.364. The summed E-state index contributed by atoms with van der Waals surface area (Å²) >= 11 is 0. The van der Waals surface area contributed by atoms with Gasteiger partial charge in [0.1, 0.15) is 23.9 Å². The summed E-state index contributed by atoms with van der Waals surface area (Å²) in [6, 6.07) is 10.0. The number of amides is 3. The summed E-state index contributed by atoms with van der Waals surface area (Å²) < 4.78 is 10.6. The lowest BCUT2D eigenvalue weighted by Gasteiger charge is -2.25. The molecule has 1 aromatic heterocycles. The summed E-state index contributed by atoms with van der Waals surface area (Å²) in [5, 5.41) is 5.41. The highest BCUT2D eigenvalue weighted by Crippen LogP contribution is 2.32. The first-order chi connectivity index (χ1) is 14.8. The summed E-state index contributed by atoms with van der Waals surface area (Å²) in [6.07, 6.45) is 1.41. The second-order valence-corrected chi connectivity index (χ2v) is 7.00. The van der Waals surface area contributed by atoms with Crippen molar-refractivity contribution >= 4 is 29.2 Å². The van der Waals surface area contributed by atoms with Gasteiger partial charge in [0.25, 0.3) is 0 Å². The van der Waals surface area contributed by atoms with E-state index in [9.17, 15) is 14.4 Å². The molecule has 0 saturated carbocycles. The Hall–Kier alpha value is -3.62. The van der Waals surface area contributed by atoms with Gasteiger partial charge in [-0.25, -0.2) is 4.98 Å². The highest BCUT2D eigenvalue weighted by Gasteiger charge is 2.23. The van der Waals surface area contributed by atoms with Gasteiger partial charge in [0.2, 0.25) is 17.7 Å². The van der Waals surface area contributed by atoms with E-state index in [1.807, 2.05) is 13.8 Å². The number of pyridine rings is 1. The van der Waals surface area contributed by atoms with Crippen LogP contribution in [0.15, 0.2) is 42.6 Å². The molecule has 0 radical (unpaired) electrons.